The van der Waals surface area contributed by atoms with Gasteiger partial charge in [0.15, 0.2) is 0 Å². The van der Waals surface area contributed by atoms with E-state index in [1.807, 2.05) is 19.1 Å². The molecule has 34 heavy (non-hydrogen) atoms. The molecule has 2 N–H and O–H groups in total. The second-order valence-corrected chi connectivity index (χ2v) is 8.55. The fraction of sp³-hybridized carbons (Fsp3) is 0.400. The summed E-state index contributed by atoms with van der Waals surface area (Å²) in [6.45, 7) is 7.01. The molecule has 2 fully saturated rings. The van der Waals surface area contributed by atoms with Crippen molar-refractivity contribution in [3.63, 3.8) is 0 Å². The van der Waals surface area contributed by atoms with Crippen molar-refractivity contribution in [2.24, 2.45) is 5.73 Å². The van der Waals surface area contributed by atoms with Gasteiger partial charge in [-0.3, -0.25) is 14.6 Å². The van der Waals surface area contributed by atoms with Crippen molar-refractivity contribution in [1.82, 2.24) is 9.88 Å². The molecule has 3 heterocycles. The summed E-state index contributed by atoms with van der Waals surface area (Å²) in [5.41, 5.74) is 6.65. The first-order valence-corrected chi connectivity index (χ1v) is 11.6. The Balaban J connectivity index is 1.39. The Kier molecular flexibility index (Phi) is 7.42. The first kappa shape index (κ1) is 23.7. The maximum absolute atomic E-state index is 15.0. The van der Waals surface area contributed by atoms with Gasteiger partial charge in [-0.15, -0.1) is 0 Å². The van der Waals surface area contributed by atoms with Crippen LogP contribution in [0, 0.1) is 5.82 Å². The molecule has 0 spiro atoms. The number of ether oxygens (including phenoxy) is 1. The van der Waals surface area contributed by atoms with Crippen LogP contribution in [-0.4, -0.2) is 67.3 Å². The van der Waals surface area contributed by atoms with Crippen LogP contribution in [-0.2, 0) is 9.53 Å². The highest BCUT2D eigenvalue weighted by atomic mass is 19.1. The Morgan fingerprint density at radius 2 is 2.03 bits per heavy atom. The lowest BCUT2D eigenvalue weighted by atomic mass is 10.1. The Morgan fingerprint density at radius 1 is 1.24 bits per heavy atom. The number of pyridine rings is 1. The van der Waals surface area contributed by atoms with E-state index in [1.54, 1.807) is 18.3 Å². The number of allylic oxidation sites excluding steroid dienone is 1. The number of cyclic esters (lactones) is 1. The molecule has 1 unspecified atom stereocenters. The number of benzene rings is 1. The third kappa shape index (κ3) is 5.53. The van der Waals surface area contributed by atoms with Crippen molar-refractivity contribution < 1.29 is 18.7 Å². The number of carbonyl (C=O) groups excluding carboxylic acids is 2. The predicted octanol–water partition coefficient (Wildman–Crippen LogP) is 3.18. The maximum Gasteiger partial charge on any atom is 0.414 e. The average molecular weight is 468 g/mol. The second-order valence-electron chi connectivity index (χ2n) is 8.55. The molecular weight excluding hydrogens is 437 g/mol. The number of amides is 2. The number of carbonyl (C=O) groups is 2. The number of piperazine rings is 1. The van der Waals surface area contributed by atoms with Gasteiger partial charge >= 0.3 is 6.09 Å². The molecule has 9 heteroatoms. The zero-order valence-electron chi connectivity index (χ0n) is 19.3. The van der Waals surface area contributed by atoms with Crippen molar-refractivity contribution >= 4 is 23.5 Å². The molecule has 1 atom stereocenters. The molecule has 1 aromatic carbocycles. The van der Waals surface area contributed by atoms with Crippen LogP contribution in [0.5, 0.6) is 0 Å². The van der Waals surface area contributed by atoms with Crippen LogP contribution >= 0.6 is 0 Å². The van der Waals surface area contributed by atoms with Gasteiger partial charge in [-0.25, -0.2) is 14.2 Å². The van der Waals surface area contributed by atoms with Crippen molar-refractivity contribution in [2.45, 2.75) is 25.9 Å². The fourth-order valence-corrected chi connectivity index (χ4v) is 4.24. The Bertz CT molecular complexity index is 1050. The van der Waals surface area contributed by atoms with E-state index in [9.17, 15) is 14.0 Å². The van der Waals surface area contributed by atoms with Gasteiger partial charge < -0.3 is 15.4 Å². The highest BCUT2D eigenvalue weighted by Crippen LogP contribution is 2.30. The van der Waals surface area contributed by atoms with Gasteiger partial charge in [-0.2, -0.15) is 0 Å². The molecule has 8 nitrogen and oxygen atoms in total. The van der Waals surface area contributed by atoms with Gasteiger partial charge in [0.1, 0.15) is 17.7 Å². The Morgan fingerprint density at radius 3 is 2.68 bits per heavy atom. The number of aromatic nitrogens is 1. The summed E-state index contributed by atoms with van der Waals surface area (Å²) in [7, 11) is 0. The van der Waals surface area contributed by atoms with Gasteiger partial charge in [0.25, 0.3) is 0 Å². The van der Waals surface area contributed by atoms with E-state index in [0.717, 1.165) is 38.5 Å². The highest BCUT2D eigenvalue weighted by molar-refractivity contribution is 5.90. The van der Waals surface area contributed by atoms with Gasteiger partial charge in [-0.1, -0.05) is 12.2 Å². The number of nitrogens with zero attached hydrogens (tertiary/aromatic N) is 4. The minimum atomic E-state index is -0.557. The SMILES string of the molecule is C/C=C/CN1CCN(c2ccc(-c3ccc(N4CC(CCC(N)=O)OC4=O)cc3F)cn2)CC1. The topological polar surface area (TPSA) is 92.0 Å². The van der Waals surface area contributed by atoms with Crippen LogP contribution in [0.2, 0.25) is 0 Å². The van der Waals surface area contributed by atoms with Crippen LogP contribution in [0.1, 0.15) is 19.8 Å². The van der Waals surface area contributed by atoms with E-state index in [4.69, 9.17) is 10.5 Å². The van der Waals surface area contributed by atoms with Gasteiger partial charge in [-0.05, 0) is 43.7 Å². The molecule has 0 bridgehead atoms. The quantitative estimate of drug-likeness (QED) is 0.600. The predicted molar refractivity (Wildman–Crippen MR) is 129 cm³/mol. The zero-order chi connectivity index (χ0) is 24.1. The summed E-state index contributed by atoms with van der Waals surface area (Å²) in [5, 5.41) is 0. The van der Waals surface area contributed by atoms with Crippen LogP contribution in [0.3, 0.4) is 0 Å². The van der Waals surface area contributed by atoms with Gasteiger partial charge in [0, 0.05) is 56.5 Å². The van der Waals surface area contributed by atoms with E-state index >= 15 is 0 Å². The number of hydrogen-bond donors (Lipinski definition) is 1. The van der Waals surface area contributed by atoms with E-state index < -0.39 is 23.9 Å². The van der Waals surface area contributed by atoms with E-state index in [2.05, 4.69) is 26.9 Å². The third-order valence-electron chi connectivity index (χ3n) is 6.21. The molecule has 0 aliphatic carbocycles. The lowest BCUT2D eigenvalue weighted by Gasteiger charge is -2.34. The van der Waals surface area contributed by atoms with Gasteiger partial charge in [0.2, 0.25) is 5.91 Å². The zero-order valence-corrected chi connectivity index (χ0v) is 19.3. The van der Waals surface area contributed by atoms with Crippen molar-refractivity contribution in [2.75, 3.05) is 49.1 Å². The van der Waals surface area contributed by atoms with Crippen LogP contribution < -0.4 is 15.5 Å². The van der Waals surface area contributed by atoms with Gasteiger partial charge in [0.05, 0.1) is 12.2 Å². The van der Waals surface area contributed by atoms with Crippen molar-refractivity contribution in [3.05, 3.63) is 54.5 Å². The van der Waals surface area contributed by atoms with E-state index in [1.165, 1.54) is 11.0 Å². The molecule has 0 radical (unpaired) electrons. The number of rotatable bonds is 8. The molecule has 2 aromatic rings. The molecule has 4 rings (SSSR count). The summed E-state index contributed by atoms with van der Waals surface area (Å²) < 4.78 is 20.2. The molecular formula is C25H30FN5O3. The minimum Gasteiger partial charge on any atom is -0.444 e. The second kappa shape index (κ2) is 10.6. The Labute approximate surface area is 198 Å². The monoisotopic (exact) mass is 467 g/mol. The molecule has 0 saturated carbocycles. The summed E-state index contributed by atoms with van der Waals surface area (Å²) in [4.78, 5) is 33.7. The molecule has 2 aliphatic rings. The smallest absolute Gasteiger partial charge is 0.414 e. The fourth-order valence-electron chi connectivity index (χ4n) is 4.24. The maximum atomic E-state index is 15.0. The van der Waals surface area contributed by atoms with Crippen LogP contribution in [0.15, 0.2) is 48.7 Å². The number of hydrogen-bond acceptors (Lipinski definition) is 6. The average Bonchev–Trinajstić information content (AvgIpc) is 3.22. The lowest BCUT2D eigenvalue weighted by Crippen LogP contribution is -2.46. The molecule has 180 valence electrons. The standard InChI is InChI=1S/C25H30FN5O3/c1-2-3-10-29-11-13-30(14-12-29)24-9-4-18(16-28-24)21-7-5-19(15-22(21)26)31-17-20(34-25(31)33)6-8-23(27)32/h2-5,7,9,15-16,20H,6,8,10-14,17H2,1H3,(H2,27,32)/b3-2+. The number of anilines is 2. The minimum absolute atomic E-state index is 0.133. The molecule has 2 saturated heterocycles. The summed E-state index contributed by atoms with van der Waals surface area (Å²) in [5.74, 6) is -0.0116. The molecule has 1 aromatic heterocycles. The first-order valence-electron chi connectivity index (χ1n) is 11.6. The summed E-state index contributed by atoms with van der Waals surface area (Å²) >= 11 is 0. The molecule has 2 amide bonds. The van der Waals surface area contributed by atoms with Crippen molar-refractivity contribution in [1.29, 1.82) is 0 Å². The van der Waals surface area contributed by atoms with E-state index in [0.29, 0.717) is 23.2 Å². The van der Waals surface area contributed by atoms with Crippen LogP contribution in [0.25, 0.3) is 11.1 Å². The highest BCUT2D eigenvalue weighted by Gasteiger charge is 2.32. The lowest BCUT2D eigenvalue weighted by molar-refractivity contribution is -0.118. The number of primary amides is 1. The summed E-state index contributed by atoms with van der Waals surface area (Å²) in [6, 6.07) is 8.45. The van der Waals surface area contributed by atoms with Crippen LogP contribution in [0.4, 0.5) is 20.7 Å². The number of nitrogens with two attached hydrogens (primary N) is 1. The first-order chi connectivity index (χ1) is 16.4. The number of halogens is 1. The Hall–Kier alpha value is -3.46. The molecule has 2 aliphatic heterocycles. The van der Waals surface area contributed by atoms with Crippen molar-refractivity contribution in [3.8, 4) is 11.1 Å². The van der Waals surface area contributed by atoms with E-state index in [-0.39, 0.29) is 13.0 Å². The normalized spacial score (nSPS) is 19.1. The summed E-state index contributed by atoms with van der Waals surface area (Å²) in [6.07, 6.45) is 5.40. The third-order valence-corrected chi connectivity index (χ3v) is 6.21. The largest absolute Gasteiger partial charge is 0.444 e.